The summed E-state index contributed by atoms with van der Waals surface area (Å²) in [5, 5.41) is 6.47. The molecule has 7 heteroatoms. The Morgan fingerprint density at radius 2 is 2.44 bits per heavy atom. The van der Waals surface area contributed by atoms with Gasteiger partial charge in [0, 0.05) is 42.3 Å². The number of hydrogen-bond acceptors (Lipinski definition) is 5. The van der Waals surface area contributed by atoms with Crippen molar-refractivity contribution < 1.29 is 0 Å². The number of rotatable bonds is 2. The van der Waals surface area contributed by atoms with Crippen molar-refractivity contribution >= 4 is 17.5 Å². The number of aromatic nitrogens is 4. The normalized spacial score (nSPS) is 20.4. The first-order chi connectivity index (χ1) is 8.72. The van der Waals surface area contributed by atoms with Crippen LogP contribution in [0.4, 0.5) is 0 Å². The van der Waals surface area contributed by atoms with Crippen LogP contribution in [0.15, 0.2) is 10.9 Å². The Kier molecular flexibility index (Phi) is 3.09. The van der Waals surface area contributed by atoms with Crippen molar-refractivity contribution in [2.45, 2.75) is 19.4 Å². The first-order valence-corrected chi connectivity index (χ1v) is 7.14. The number of H-pyrrole nitrogens is 1. The van der Waals surface area contributed by atoms with Gasteiger partial charge < -0.3 is 5.32 Å². The van der Waals surface area contributed by atoms with Crippen molar-refractivity contribution in [3.05, 3.63) is 27.9 Å². The first kappa shape index (κ1) is 11.7. The SMILES string of the molecule is Cc1cc(=O)n2[nH]c(CC3CSCCN3)nc2n1. The monoisotopic (exact) mass is 265 g/mol. The lowest BCUT2D eigenvalue weighted by Crippen LogP contribution is -2.39. The van der Waals surface area contributed by atoms with E-state index in [-0.39, 0.29) is 5.56 Å². The van der Waals surface area contributed by atoms with E-state index in [2.05, 4.69) is 20.4 Å². The number of aryl methyl sites for hydroxylation is 1. The van der Waals surface area contributed by atoms with Crippen molar-refractivity contribution in [2.24, 2.45) is 0 Å². The van der Waals surface area contributed by atoms with Crippen molar-refractivity contribution in [3.8, 4) is 0 Å². The van der Waals surface area contributed by atoms with Gasteiger partial charge in [-0.05, 0) is 6.92 Å². The molecule has 2 aromatic rings. The lowest BCUT2D eigenvalue weighted by molar-refractivity contribution is 0.550. The van der Waals surface area contributed by atoms with E-state index in [0.29, 0.717) is 17.5 Å². The number of thioether (sulfide) groups is 1. The third-order valence-electron chi connectivity index (χ3n) is 2.94. The Hall–Kier alpha value is -1.34. The number of nitrogens with one attached hydrogen (secondary N) is 2. The largest absolute Gasteiger partial charge is 0.312 e. The standard InChI is InChI=1S/C11H15N5OS/c1-7-4-10(17)16-11(13-7)14-9(15-16)5-8-6-18-3-2-12-8/h4,8,12H,2-3,5-6H2,1H3,(H,13,14,15). The Bertz CT molecular complexity index is 613. The molecule has 3 rings (SSSR count). The molecule has 1 unspecified atom stereocenters. The molecule has 1 aliphatic rings. The molecule has 1 aliphatic heterocycles. The van der Waals surface area contributed by atoms with Gasteiger partial charge in [-0.3, -0.25) is 9.89 Å². The third kappa shape index (κ3) is 2.28. The molecule has 96 valence electrons. The summed E-state index contributed by atoms with van der Waals surface area (Å²) in [5.41, 5.74) is 0.589. The van der Waals surface area contributed by atoms with Crippen LogP contribution in [0, 0.1) is 6.92 Å². The number of fused-ring (bicyclic) bond motifs is 1. The van der Waals surface area contributed by atoms with Crippen LogP contribution in [0.25, 0.3) is 5.78 Å². The van der Waals surface area contributed by atoms with Gasteiger partial charge in [0.2, 0.25) is 0 Å². The number of nitrogens with zero attached hydrogens (tertiary/aromatic N) is 3. The molecule has 2 aromatic heterocycles. The molecule has 0 bridgehead atoms. The van der Waals surface area contributed by atoms with Crippen molar-refractivity contribution in [1.29, 1.82) is 0 Å². The van der Waals surface area contributed by atoms with Crippen LogP contribution in [-0.2, 0) is 6.42 Å². The molecule has 1 atom stereocenters. The van der Waals surface area contributed by atoms with Gasteiger partial charge in [-0.2, -0.15) is 21.3 Å². The zero-order chi connectivity index (χ0) is 12.5. The predicted octanol–water partition coefficient (Wildman–Crippen LogP) is -0.0265. The number of aromatic amines is 1. The summed E-state index contributed by atoms with van der Waals surface area (Å²) in [4.78, 5) is 20.4. The van der Waals surface area contributed by atoms with E-state index in [0.717, 1.165) is 30.3 Å². The second-order valence-electron chi connectivity index (χ2n) is 4.47. The first-order valence-electron chi connectivity index (χ1n) is 5.99. The zero-order valence-electron chi connectivity index (χ0n) is 10.1. The van der Waals surface area contributed by atoms with E-state index >= 15 is 0 Å². The summed E-state index contributed by atoms with van der Waals surface area (Å²) in [7, 11) is 0. The maximum absolute atomic E-state index is 11.7. The molecule has 1 fully saturated rings. The molecular formula is C11H15N5OS. The lowest BCUT2D eigenvalue weighted by Gasteiger charge is -2.21. The van der Waals surface area contributed by atoms with Gasteiger partial charge in [-0.1, -0.05) is 0 Å². The van der Waals surface area contributed by atoms with Crippen molar-refractivity contribution in [2.75, 3.05) is 18.1 Å². The lowest BCUT2D eigenvalue weighted by atomic mass is 10.2. The smallest absolute Gasteiger partial charge is 0.274 e. The maximum atomic E-state index is 11.7. The summed E-state index contributed by atoms with van der Waals surface area (Å²) in [6.07, 6.45) is 0.800. The van der Waals surface area contributed by atoms with Crippen LogP contribution in [-0.4, -0.2) is 43.7 Å². The molecule has 0 amide bonds. The van der Waals surface area contributed by atoms with E-state index in [9.17, 15) is 4.79 Å². The highest BCUT2D eigenvalue weighted by atomic mass is 32.2. The van der Waals surface area contributed by atoms with Gasteiger partial charge in [0.15, 0.2) is 0 Å². The quantitative estimate of drug-likeness (QED) is 0.798. The molecule has 3 heterocycles. The Morgan fingerprint density at radius 3 is 3.22 bits per heavy atom. The number of hydrogen-bond donors (Lipinski definition) is 2. The summed E-state index contributed by atoms with van der Waals surface area (Å²) in [6.45, 7) is 2.84. The van der Waals surface area contributed by atoms with Crippen LogP contribution in [0.2, 0.25) is 0 Å². The Balaban J connectivity index is 1.88. The Morgan fingerprint density at radius 1 is 1.56 bits per heavy atom. The molecule has 0 saturated carbocycles. The van der Waals surface area contributed by atoms with Gasteiger partial charge >= 0.3 is 0 Å². The van der Waals surface area contributed by atoms with E-state index in [1.807, 2.05) is 11.8 Å². The van der Waals surface area contributed by atoms with Crippen LogP contribution < -0.4 is 10.9 Å². The molecule has 6 nitrogen and oxygen atoms in total. The molecule has 0 radical (unpaired) electrons. The van der Waals surface area contributed by atoms with E-state index in [1.54, 1.807) is 6.92 Å². The predicted molar refractivity (Wildman–Crippen MR) is 71.2 cm³/mol. The van der Waals surface area contributed by atoms with Crippen LogP contribution in [0.5, 0.6) is 0 Å². The molecule has 0 aliphatic carbocycles. The fourth-order valence-corrected chi connectivity index (χ4v) is 3.06. The Labute approximate surface area is 108 Å². The molecule has 0 aromatic carbocycles. The van der Waals surface area contributed by atoms with Gasteiger partial charge in [0.1, 0.15) is 5.82 Å². The minimum absolute atomic E-state index is 0.109. The highest BCUT2D eigenvalue weighted by Gasteiger charge is 2.16. The second kappa shape index (κ2) is 4.74. The van der Waals surface area contributed by atoms with Gasteiger partial charge in [-0.25, -0.2) is 4.98 Å². The summed E-state index contributed by atoms with van der Waals surface area (Å²) in [5.74, 6) is 3.51. The fourth-order valence-electron chi connectivity index (χ4n) is 2.11. The van der Waals surface area contributed by atoms with E-state index in [1.165, 1.54) is 10.6 Å². The summed E-state index contributed by atoms with van der Waals surface area (Å²) in [6, 6.07) is 1.92. The average molecular weight is 265 g/mol. The van der Waals surface area contributed by atoms with Crippen LogP contribution in [0.1, 0.15) is 11.5 Å². The van der Waals surface area contributed by atoms with Crippen molar-refractivity contribution in [1.82, 2.24) is 24.9 Å². The van der Waals surface area contributed by atoms with Gasteiger partial charge in [0.25, 0.3) is 11.3 Å². The van der Waals surface area contributed by atoms with E-state index in [4.69, 9.17) is 0 Å². The zero-order valence-corrected chi connectivity index (χ0v) is 11.0. The molecule has 0 spiro atoms. The summed E-state index contributed by atoms with van der Waals surface area (Å²) >= 11 is 1.95. The minimum atomic E-state index is -0.109. The average Bonchev–Trinajstić information content (AvgIpc) is 2.73. The highest BCUT2D eigenvalue weighted by Crippen LogP contribution is 2.10. The van der Waals surface area contributed by atoms with Gasteiger partial charge in [0.05, 0.1) is 0 Å². The highest BCUT2D eigenvalue weighted by molar-refractivity contribution is 7.99. The maximum Gasteiger partial charge on any atom is 0.274 e. The molecule has 2 N–H and O–H groups in total. The molecule has 18 heavy (non-hydrogen) atoms. The van der Waals surface area contributed by atoms with Crippen LogP contribution >= 0.6 is 11.8 Å². The van der Waals surface area contributed by atoms with Crippen LogP contribution in [0.3, 0.4) is 0 Å². The van der Waals surface area contributed by atoms with Gasteiger partial charge in [-0.15, -0.1) is 0 Å². The third-order valence-corrected chi connectivity index (χ3v) is 4.07. The molecular weight excluding hydrogens is 250 g/mol. The topological polar surface area (TPSA) is 75.1 Å². The second-order valence-corrected chi connectivity index (χ2v) is 5.62. The fraction of sp³-hybridized carbons (Fsp3) is 0.545. The van der Waals surface area contributed by atoms with E-state index < -0.39 is 0 Å². The molecule has 1 saturated heterocycles. The summed E-state index contributed by atoms with van der Waals surface area (Å²) < 4.78 is 1.40. The van der Waals surface area contributed by atoms with Crippen molar-refractivity contribution in [3.63, 3.8) is 0 Å². The minimum Gasteiger partial charge on any atom is -0.312 e.